The Balaban J connectivity index is 2.14. The van der Waals surface area contributed by atoms with E-state index in [2.05, 4.69) is 10.6 Å². The van der Waals surface area contributed by atoms with E-state index >= 15 is 0 Å². The lowest BCUT2D eigenvalue weighted by Gasteiger charge is -2.18. The monoisotopic (exact) mass is 275 g/mol. The molecule has 108 valence electrons. The number of hydrogen-bond acceptors (Lipinski definition) is 3. The molecule has 2 atom stereocenters. The zero-order valence-corrected chi connectivity index (χ0v) is 11.7. The van der Waals surface area contributed by atoms with Gasteiger partial charge in [0.15, 0.2) is 0 Å². The molecule has 0 heterocycles. The van der Waals surface area contributed by atoms with E-state index in [4.69, 9.17) is 5.73 Å². The van der Waals surface area contributed by atoms with E-state index in [1.54, 1.807) is 31.3 Å². The van der Waals surface area contributed by atoms with Crippen LogP contribution < -0.4 is 16.4 Å². The maximum absolute atomic E-state index is 12.3. The zero-order valence-electron chi connectivity index (χ0n) is 11.7. The first kappa shape index (κ1) is 14.5. The highest BCUT2D eigenvalue weighted by molar-refractivity contribution is 6.04. The molecule has 5 heteroatoms. The summed E-state index contributed by atoms with van der Waals surface area (Å²) < 4.78 is 0. The third-order valence-corrected chi connectivity index (χ3v) is 3.96. The first-order valence-electron chi connectivity index (χ1n) is 6.99. The van der Waals surface area contributed by atoms with Gasteiger partial charge in [0, 0.05) is 13.0 Å². The van der Waals surface area contributed by atoms with Crippen LogP contribution in [0, 0.1) is 11.8 Å². The Morgan fingerprint density at radius 1 is 1.30 bits per heavy atom. The van der Waals surface area contributed by atoms with Crippen molar-refractivity contribution in [1.29, 1.82) is 0 Å². The maximum Gasteiger partial charge on any atom is 0.253 e. The van der Waals surface area contributed by atoms with Crippen molar-refractivity contribution in [1.82, 2.24) is 5.32 Å². The molecule has 20 heavy (non-hydrogen) atoms. The average Bonchev–Trinajstić information content (AvgIpc) is 2.95. The van der Waals surface area contributed by atoms with Crippen molar-refractivity contribution in [2.24, 2.45) is 17.6 Å². The second kappa shape index (κ2) is 6.52. The van der Waals surface area contributed by atoms with Crippen LogP contribution in [0.15, 0.2) is 24.3 Å². The number of para-hydroxylation sites is 1. The van der Waals surface area contributed by atoms with Crippen LogP contribution in [0.5, 0.6) is 0 Å². The van der Waals surface area contributed by atoms with Crippen LogP contribution in [-0.2, 0) is 4.79 Å². The molecule has 0 aliphatic heterocycles. The molecule has 1 fully saturated rings. The van der Waals surface area contributed by atoms with E-state index in [0.29, 0.717) is 17.8 Å². The molecule has 0 unspecified atom stereocenters. The lowest BCUT2D eigenvalue weighted by molar-refractivity contribution is -0.120. The third-order valence-electron chi connectivity index (χ3n) is 3.96. The van der Waals surface area contributed by atoms with Crippen LogP contribution in [0.3, 0.4) is 0 Å². The smallest absolute Gasteiger partial charge is 0.253 e. The number of carbonyl (C=O) groups is 2. The van der Waals surface area contributed by atoms with E-state index < -0.39 is 0 Å². The molecule has 1 aromatic carbocycles. The van der Waals surface area contributed by atoms with Crippen molar-refractivity contribution in [2.75, 3.05) is 18.9 Å². The van der Waals surface area contributed by atoms with E-state index in [9.17, 15) is 9.59 Å². The molecular weight excluding hydrogens is 254 g/mol. The molecule has 1 aliphatic carbocycles. The minimum atomic E-state index is -0.206. The Morgan fingerprint density at radius 3 is 2.75 bits per heavy atom. The van der Waals surface area contributed by atoms with Gasteiger partial charge in [0.1, 0.15) is 0 Å². The third kappa shape index (κ3) is 2.99. The summed E-state index contributed by atoms with van der Waals surface area (Å²) in [6.45, 7) is 0.537. The van der Waals surface area contributed by atoms with E-state index in [1.165, 1.54) is 0 Å². The summed E-state index contributed by atoms with van der Waals surface area (Å²) in [5.74, 6) is -0.0306. The highest BCUT2D eigenvalue weighted by atomic mass is 16.2. The summed E-state index contributed by atoms with van der Waals surface area (Å²) >= 11 is 0. The fraction of sp³-hybridized carbons (Fsp3) is 0.467. The van der Waals surface area contributed by atoms with Crippen molar-refractivity contribution in [2.45, 2.75) is 19.3 Å². The van der Waals surface area contributed by atoms with Gasteiger partial charge in [0.25, 0.3) is 5.91 Å². The molecule has 0 aromatic heterocycles. The Hall–Kier alpha value is -1.88. The number of anilines is 1. The normalized spacial score (nSPS) is 21.5. The Morgan fingerprint density at radius 2 is 2.05 bits per heavy atom. The number of amides is 2. The first-order chi connectivity index (χ1) is 9.67. The Labute approximate surface area is 118 Å². The van der Waals surface area contributed by atoms with Gasteiger partial charge in [0.2, 0.25) is 5.91 Å². The van der Waals surface area contributed by atoms with Gasteiger partial charge in [-0.1, -0.05) is 18.6 Å². The SMILES string of the molecule is CNC(=O)c1ccccc1NC(=O)[C@@H]1CCC[C@@H]1CN. The van der Waals surface area contributed by atoms with E-state index in [0.717, 1.165) is 19.3 Å². The van der Waals surface area contributed by atoms with Gasteiger partial charge in [-0.2, -0.15) is 0 Å². The summed E-state index contributed by atoms with van der Waals surface area (Å²) in [5.41, 5.74) is 6.74. The van der Waals surface area contributed by atoms with Crippen molar-refractivity contribution in [3.05, 3.63) is 29.8 Å². The largest absolute Gasteiger partial charge is 0.355 e. The van der Waals surface area contributed by atoms with Crippen molar-refractivity contribution in [3.63, 3.8) is 0 Å². The van der Waals surface area contributed by atoms with Crippen molar-refractivity contribution in [3.8, 4) is 0 Å². The number of hydrogen-bond donors (Lipinski definition) is 3. The second-order valence-electron chi connectivity index (χ2n) is 5.15. The number of rotatable bonds is 4. The minimum Gasteiger partial charge on any atom is -0.355 e. The highest BCUT2D eigenvalue weighted by Gasteiger charge is 2.32. The van der Waals surface area contributed by atoms with Crippen LogP contribution in [0.25, 0.3) is 0 Å². The first-order valence-corrected chi connectivity index (χ1v) is 6.99. The van der Waals surface area contributed by atoms with Gasteiger partial charge in [-0.25, -0.2) is 0 Å². The fourth-order valence-electron chi connectivity index (χ4n) is 2.81. The van der Waals surface area contributed by atoms with Crippen LogP contribution in [0.1, 0.15) is 29.6 Å². The summed E-state index contributed by atoms with van der Waals surface area (Å²) in [6, 6.07) is 7.02. The average molecular weight is 275 g/mol. The lowest BCUT2D eigenvalue weighted by atomic mass is 9.95. The maximum atomic E-state index is 12.3. The molecule has 1 aromatic rings. The molecule has 0 spiro atoms. The summed E-state index contributed by atoms with van der Waals surface area (Å²) in [4.78, 5) is 24.1. The van der Waals surface area contributed by atoms with Gasteiger partial charge in [-0.15, -0.1) is 0 Å². The number of carbonyl (C=O) groups excluding carboxylic acids is 2. The van der Waals surface area contributed by atoms with Gasteiger partial charge < -0.3 is 16.4 Å². The summed E-state index contributed by atoms with van der Waals surface area (Å²) in [6.07, 6.45) is 2.92. The Kier molecular flexibility index (Phi) is 4.74. The van der Waals surface area contributed by atoms with Crippen molar-refractivity contribution >= 4 is 17.5 Å². The molecule has 1 aliphatic rings. The standard InChI is InChI=1S/C15H21N3O2/c1-17-14(19)12-6-2-3-8-13(12)18-15(20)11-7-4-5-10(11)9-16/h2-3,6,8,10-11H,4-5,7,9,16H2,1H3,(H,17,19)(H,18,20)/t10-,11-/m1/s1. The molecule has 0 bridgehead atoms. The van der Waals surface area contributed by atoms with Crippen LogP contribution >= 0.6 is 0 Å². The predicted octanol–water partition coefficient (Wildman–Crippen LogP) is 1.36. The molecule has 0 saturated heterocycles. The predicted molar refractivity (Wildman–Crippen MR) is 78.3 cm³/mol. The lowest BCUT2D eigenvalue weighted by Crippen LogP contribution is -2.30. The van der Waals surface area contributed by atoms with E-state index in [1.807, 2.05) is 0 Å². The molecule has 1 saturated carbocycles. The topological polar surface area (TPSA) is 84.2 Å². The molecular formula is C15H21N3O2. The molecule has 0 radical (unpaired) electrons. The minimum absolute atomic E-state index is 0.0331. The van der Waals surface area contributed by atoms with E-state index in [-0.39, 0.29) is 23.7 Å². The molecule has 4 N–H and O–H groups in total. The summed E-state index contributed by atoms with van der Waals surface area (Å²) in [7, 11) is 1.57. The van der Waals surface area contributed by atoms with Crippen LogP contribution in [0.4, 0.5) is 5.69 Å². The quantitative estimate of drug-likeness (QED) is 0.775. The second-order valence-corrected chi connectivity index (χ2v) is 5.15. The van der Waals surface area contributed by atoms with Gasteiger partial charge in [-0.3, -0.25) is 9.59 Å². The van der Waals surface area contributed by atoms with Crippen LogP contribution in [0.2, 0.25) is 0 Å². The molecule has 2 amide bonds. The van der Waals surface area contributed by atoms with Gasteiger partial charge >= 0.3 is 0 Å². The molecule has 2 rings (SSSR count). The van der Waals surface area contributed by atoms with Crippen molar-refractivity contribution < 1.29 is 9.59 Å². The Bertz CT molecular complexity index is 502. The number of nitrogens with two attached hydrogens (primary N) is 1. The number of benzene rings is 1. The molecule has 5 nitrogen and oxygen atoms in total. The number of nitrogens with one attached hydrogen (secondary N) is 2. The van der Waals surface area contributed by atoms with Gasteiger partial charge in [0.05, 0.1) is 11.3 Å². The highest BCUT2D eigenvalue weighted by Crippen LogP contribution is 2.32. The fourth-order valence-corrected chi connectivity index (χ4v) is 2.81. The summed E-state index contributed by atoms with van der Waals surface area (Å²) in [5, 5.41) is 5.45. The van der Waals surface area contributed by atoms with Gasteiger partial charge in [-0.05, 0) is 37.4 Å². The van der Waals surface area contributed by atoms with Crippen LogP contribution in [-0.4, -0.2) is 25.4 Å². The zero-order chi connectivity index (χ0) is 14.5.